The van der Waals surface area contributed by atoms with Gasteiger partial charge in [0, 0.05) is 25.7 Å². The van der Waals surface area contributed by atoms with Gasteiger partial charge < -0.3 is 19.7 Å². The summed E-state index contributed by atoms with van der Waals surface area (Å²) in [6.45, 7) is 6.20. The minimum atomic E-state index is -0.521. The fourth-order valence-corrected chi connectivity index (χ4v) is 2.36. The van der Waals surface area contributed by atoms with Crippen molar-refractivity contribution in [3.8, 4) is 11.5 Å². The van der Waals surface area contributed by atoms with Crippen LogP contribution in [0.25, 0.3) is 0 Å². The second-order valence-corrected chi connectivity index (χ2v) is 5.00. The number of benzene rings is 1. The maximum absolute atomic E-state index is 12.4. The fraction of sp³-hybridized carbons (Fsp3) is 0.533. The maximum Gasteiger partial charge on any atom is 0.263 e. The van der Waals surface area contributed by atoms with Crippen LogP contribution in [0, 0.1) is 0 Å². The Morgan fingerprint density at radius 1 is 1.38 bits per heavy atom. The van der Waals surface area contributed by atoms with E-state index in [1.54, 1.807) is 14.0 Å². The molecule has 0 aromatic heterocycles. The molecule has 1 N–H and O–H groups in total. The molecule has 1 aromatic rings. The second-order valence-electron chi connectivity index (χ2n) is 5.00. The molecule has 1 heterocycles. The van der Waals surface area contributed by atoms with Crippen molar-refractivity contribution < 1.29 is 14.3 Å². The summed E-state index contributed by atoms with van der Waals surface area (Å²) in [4.78, 5) is 14.3. The first-order valence-electron chi connectivity index (χ1n) is 6.94. The van der Waals surface area contributed by atoms with E-state index in [4.69, 9.17) is 9.47 Å². The Morgan fingerprint density at radius 3 is 2.67 bits per heavy atom. The Morgan fingerprint density at radius 2 is 2.05 bits per heavy atom. The molecule has 1 aliphatic rings. The number of carbonyl (C=O) groups is 1. The average molecular weight is 315 g/mol. The molecule has 5 nitrogen and oxygen atoms in total. The molecule has 2 atom stereocenters. The lowest BCUT2D eigenvalue weighted by molar-refractivity contribution is -0.140. The summed E-state index contributed by atoms with van der Waals surface area (Å²) < 4.78 is 11.0. The van der Waals surface area contributed by atoms with Crippen molar-refractivity contribution in [2.24, 2.45) is 0 Å². The van der Waals surface area contributed by atoms with Crippen molar-refractivity contribution in [1.29, 1.82) is 0 Å². The van der Waals surface area contributed by atoms with Gasteiger partial charge >= 0.3 is 0 Å². The highest BCUT2D eigenvalue weighted by molar-refractivity contribution is 5.85. The highest BCUT2D eigenvalue weighted by Gasteiger charge is 2.28. The molecule has 1 saturated heterocycles. The summed E-state index contributed by atoms with van der Waals surface area (Å²) in [5.41, 5.74) is 0. The van der Waals surface area contributed by atoms with Crippen LogP contribution in [0.4, 0.5) is 0 Å². The average Bonchev–Trinajstić information content (AvgIpc) is 2.47. The van der Waals surface area contributed by atoms with Crippen molar-refractivity contribution in [2.45, 2.75) is 26.0 Å². The van der Waals surface area contributed by atoms with Crippen LogP contribution in [-0.4, -0.2) is 49.7 Å². The smallest absolute Gasteiger partial charge is 0.263 e. The van der Waals surface area contributed by atoms with E-state index in [9.17, 15) is 4.79 Å². The summed E-state index contributed by atoms with van der Waals surface area (Å²) in [7, 11) is 1.59. The minimum absolute atomic E-state index is 0. The highest BCUT2D eigenvalue weighted by atomic mass is 35.5. The molecule has 1 aromatic carbocycles. The molecule has 1 amide bonds. The van der Waals surface area contributed by atoms with E-state index in [1.807, 2.05) is 36.1 Å². The zero-order valence-corrected chi connectivity index (χ0v) is 13.5. The molecule has 1 aliphatic heterocycles. The van der Waals surface area contributed by atoms with Crippen LogP contribution in [-0.2, 0) is 4.79 Å². The predicted molar refractivity (Wildman–Crippen MR) is 84.4 cm³/mol. The van der Waals surface area contributed by atoms with Gasteiger partial charge in [-0.05, 0) is 26.0 Å². The molecule has 6 heteroatoms. The van der Waals surface area contributed by atoms with Crippen LogP contribution in [0.1, 0.15) is 13.8 Å². The highest BCUT2D eigenvalue weighted by Crippen LogP contribution is 2.27. The molecular weight excluding hydrogens is 292 g/mol. The van der Waals surface area contributed by atoms with Gasteiger partial charge in [-0.2, -0.15) is 0 Å². The Balaban J connectivity index is 0.00000220. The second kappa shape index (κ2) is 8.10. The van der Waals surface area contributed by atoms with Gasteiger partial charge in [0.05, 0.1) is 7.11 Å². The number of nitrogens with one attached hydrogen (secondary N) is 1. The standard InChI is InChI=1S/C15H22N2O3.ClH/c1-11-10-16-8-9-17(11)15(18)12(2)20-14-7-5-4-6-13(14)19-3;/h4-7,11-12,16H,8-10H2,1-3H3;1H. The number of hydrogen-bond donors (Lipinski definition) is 1. The number of amides is 1. The lowest BCUT2D eigenvalue weighted by Gasteiger charge is -2.35. The van der Waals surface area contributed by atoms with Crippen molar-refractivity contribution in [3.63, 3.8) is 0 Å². The van der Waals surface area contributed by atoms with Gasteiger partial charge in [0.1, 0.15) is 0 Å². The summed E-state index contributed by atoms with van der Waals surface area (Å²) in [5, 5.41) is 3.27. The summed E-state index contributed by atoms with van der Waals surface area (Å²) in [5.74, 6) is 1.25. The zero-order chi connectivity index (χ0) is 14.5. The van der Waals surface area contributed by atoms with Gasteiger partial charge in [0.25, 0.3) is 5.91 Å². The van der Waals surface area contributed by atoms with E-state index in [1.165, 1.54) is 0 Å². The first-order valence-corrected chi connectivity index (χ1v) is 6.94. The number of halogens is 1. The molecule has 1 fully saturated rings. The topological polar surface area (TPSA) is 50.8 Å². The van der Waals surface area contributed by atoms with Crippen LogP contribution in [0.3, 0.4) is 0 Å². The molecule has 0 aliphatic carbocycles. The van der Waals surface area contributed by atoms with E-state index in [-0.39, 0.29) is 24.4 Å². The SMILES string of the molecule is COc1ccccc1OC(C)C(=O)N1CCNCC1C.Cl. The van der Waals surface area contributed by atoms with Crippen molar-refractivity contribution >= 4 is 18.3 Å². The number of rotatable bonds is 4. The predicted octanol–water partition coefficient (Wildman–Crippen LogP) is 1.70. The molecule has 2 rings (SSSR count). The fourth-order valence-electron chi connectivity index (χ4n) is 2.36. The summed E-state index contributed by atoms with van der Waals surface area (Å²) in [6.07, 6.45) is -0.521. The van der Waals surface area contributed by atoms with Gasteiger partial charge in [-0.1, -0.05) is 12.1 Å². The van der Waals surface area contributed by atoms with Gasteiger partial charge in [0.15, 0.2) is 17.6 Å². The van der Waals surface area contributed by atoms with Gasteiger partial charge in [0.2, 0.25) is 0 Å². The monoisotopic (exact) mass is 314 g/mol. The lowest BCUT2D eigenvalue weighted by Crippen LogP contribution is -2.55. The normalized spacial score (nSPS) is 19.4. The number of hydrogen-bond acceptors (Lipinski definition) is 4. The number of piperazine rings is 1. The first-order chi connectivity index (χ1) is 9.63. The molecular formula is C15H23ClN2O3. The van der Waals surface area contributed by atoms with E-state index < -0.39 is 6.10 Å². The van der Waals surface area contributed by atoms with Crippen molar-refractivity contribution in [3.05, 3.63) is 24.3 Å². The van der Waals surface area contributed by atoms with Gasteiger partial charge in [-0.3, -0.25) is 4.79 Å². The number of nitrogens with zero attached hydrogens (tertiary/aromatic N) is 1. The molecule has 0 spiro atoms. The number of carbonyl (C=O) groups excluding carboxylic acids is 1. The Labute approximate surface area is 132 Å². The molecule has 0 bridgehead atoms. The van der Waals surface area contributed by atoms with Crippen molar-refractivity contribution in [2.75, 3.05) is 26.7 Å². The van der Waals surface area contributed by atoms with E-state index in [2.05, 4.69) is 5.32 Å². The van der Waals surface area contributed by atoms with Gasteiger partial charge in [-0.25, -0.2) is 0 Å². The quantitative estimate of drug-likeness (QED) is 0.919. The Kier molecular flexibility index (Phi) is 6.78. The maximum atomic E-state index is 12.4. The third-order valence-corrected chi connectivity index (χ3v) is 3.50. The number of methoxy groups -OCH3 is 1. The van der Waals surface area contributed by atoms with E-state index >= 15 is 0 Å². The molecule has 0 radical (unpaired) electrons. The Bertz CT molecular complexity index is 470. The van der Waals surface area contributed by atoms with Crippen LogP contribution < -0.4 is 14.8 Å². The molecule has 0 saturated carbocycles. The number of ether oxygens (including phenoxy) is 2. The summed E-state index contributed by atoms with van der Waals surface area (Å²) in [6, 6.07) is 7.56. The van der Waals surface area contributed by atoms with E-state index in [0.717, 1.165) is 19.6 Å². The third-order valence-electron chi connectivity index (χ3n) is 3.50. The first kappa shape index (κ1) is 17.6. The third kappa shape index (κ3) is 4.25. The van der Waals surface area contributed by atoms with Crippen LogP contribution in [0.5, 0.6) is 11.5 Å². The van der Waals surface area contributed by atoms with Crippen LogP contribution in [0.2, 0.25) is 0 Å². The molecule has 21 heavy (non-hydrogen) atoms. The Hall–Kier alpha value is -1.46. The van der Waals surface area contributed by atoms with Crippen LogP contribution in [0.15, 0.2) is 24.3 Å². The van der Waals surface area contributed by atoms with Crippen molar-refractivity contribution in [1.82, 2.24) is 10.2 Å². The largest absolute Gasteiger partial charge is 0.493 e. The summed E-state index contributed by atoms with van der Waals surface area (Å²) >= 11 is 0. The number of para-hydroxylation sites is 2. The lowest BCUT2D eigenvalue weighted by atomic mass is 10.2. The van der Waals surface area contributed by atoms with E-state index in [0.29, 0.717) is 11.5 Å². The molecule has 2 unspecified atom stereocenters. The van der Waals surface area contributed by atoms with Gasteiger partial charge in [-0.15, -0.1) is 12.4 Å². The molecule has 118 valence electrons. The zero-order valence-electron chi connectivity index (χ0n) is 12.7. The minimum Gasteiger partial charge on any atom is -0.493 e. The van der Waals surface area contributed by atoms with Crippen LogP contribution >= 0.6 is 12.4 Å².